The highest BCUT2D eigenvalue weighted by atomic mass is 16.6. The minimum absolute atomic E-state index is 0.0925. The first kappa shape index (κ1) is 9.78. The minimum atomic E-state index is -0.513. The number of nitrogens with one attached hydrogen (secondary N) is 2. The topological polar surface area (TPSA) is 93.0 Å². The van der Waals surface area contributed by atoms with Gasteiger partial charge in [0, 0.05) is 12.6 Å². The third-order valence-electron chi connectivity index (χ3n) is 2.24. The normalized spacial score (nSPS) is 20.1. The van der Waals surface area contributed by atoms with Crippen molar-refractivity contribution in [3.05, 3.63) is 22.5 Å². The van der Waals surface area contributed by atoms with Gasteiger partial charge in [-0.3, -0.25) is 10.1 Å². The van der Waals surface area contributed by atoms with Crippen molar-refractivity contribution in [2.75, 3.05) is 18.4 Å². The van der Waals surface area contributed by atoms with Crippen LogP contribution in [-0.4, -0.2) is 34.0 Å². The number of aromatic nitrogens is 2. The third kappa shape index (κ3) is 2.38. The summed E-state index contributed by atoms with van der Waals surface area (Å²) >= 11 is 0. The van der Waals surface area contributed by atoms with Gasteiger partial charge in [0.15, 0.2) is 0 Å². The smallest absolute Gasteiger partial charge is 0.305 e. The summed E-state index contributed by atoms with van der Waals surface area (Å²) < 4.78 is 0. The first-order chi connectivity index (χ1) is 7.25. The Bertz CT molecular complexity index is 347. The van der Waals surface area contributed by atoms with E-state index in [1.54, 1.807) is 0 Å². The molecule has 1 aromatic rings. The summed E-state index contributed by atoms with van der Waals surface area (Å²) in [6, 6.07) is 0.312. The Morgan fingerprint density at radius 1 is 1.53 bits per heavy atom. The molecule has 1 aromatic heterocycles. The summed E-state index contributed by atoms with van der Waals surface area (Å²) in [5.41, 5.74) is -0.0925. The molecule has 0 saturated carbocycles. The molecule has 1 aliphatic heterocycles. The van der Waals surface area contributed by atoms with E-state index in [0.29, 0.717) is 12.0 Å². The highest BCUT2D eigenvalue weighted by Crippen LogP contribution is 2.10. The molecule has 2 heterocycles. The fourth-order valence-corrected chi connectivity index (χ4v) is 1.45. The first-order valence-electron chi connectivity index (χ1n) is 4.69. The summed E-state index contributed by atoms with van der Waals surface area (Å²) in [4.78, 5) is 17.6. The maximum atomic E-state index is 10.4. The molecule has 1 fully saturated rings. The van der Waals surface area contributed by atoms with Crippen molar-refractivity contribution in [3.8, 4) is 0 Å². The SMILES string of the molecule is O=[N+]([O-])c1cnc(N[C@H]2CCNC2)nc1. The van der Waals surface area contributed by atoms with Crippen LogP contribution >= 0.6 is 0 Å². The van der Waals surface area contributed by atoms with E-state index in [4.69, 9.17) is 0 Å². The van der Waals surface area contributed by atoms with Crippen LogP contribution in [0.3, 0.4) is 0 Å². The Hall–Kier alpha value is -1.76. The van der Waals surface area contributed by atoms with Crippen molar-refractivity contribution in [2.24, 2.45) is 0 Å². The highest BCUT2D eigenvalue weighted by molar-refractivity contribution is 5.31. The summed E-state index contributed by atoms with van der Waals surface area (Å²) in [6.07, 6.45) is 3.43. The lowest BCUT2D eigenvalue weighted by molar-refractivity contribution is -0.385. The van der Waals surface area contributed by atoms with Gasteiger partial charge < -0.3 is 10.6 Å². The molecule has 0 aromatic carbocycles. The number of nitrogens with zero attached hydrogens (tertiary/aromatic N) is 3. The van der Waals surface area contributed by atoms with E-state index in [-0.39, 0.29) is 5.69 Å². The van der Waals surface area contributed by atoms with Crippen LogP contribution in [0.15, 0.2) is 12.4 Å². The van der Waals surface area contributed by atoms with Crippen molar-refractivity contribution in [1.82, 2.24) is 15.3 Å². The second kappa shape index (κ2) is 4.18. The zero-order chi connectivity index (χ0) is 10.7. The van der Waals surface area contributed by atoms with Crippen molar-refractivity contribution >= 4 is 11.6 Å². The Morgan fingerprint density at radius 3 is 2.80 bits per heavy atom. The number of hydrogen-bond acceptors (Lipinski definition) is 6. The molecule has 1 atom stereocenters. The molecule has 15 heavy (non-hydrogen) atoms. The van der Waals surface area contributed by atoms with Gasteiger partial charge >= 0.3 is 5.69 Å². The van der Waals surface area contributed by atoms with Gasteiger partial charge in [-0.15, -0.1) is 0 Å². The largest absolute Gasteiger partial charge is 0.350 e. The second-order valence-corrected chi connectivity index (χ2v) is 3.36. The molecular formula is C8H11N5O2. The predicted octanol–water partition coefficient (Wildman–Crippen LogP) is 0.159. The first-order valence-corrected chi connectivity index (χ1v) is 4.69. The molecule has 0 amide bonds. The highest BCUT2D eigenvalue weighted by Gasteiger charge is 2.15. The van der Waals surface area contributed by atoms with Crippen LogP contribution in [0.4, 0.5) is 11.6 Å². The van der Waals surface area contributed by atoms with E-state index in [1.165, 1.54) is 12.4 Å². The molecular weight excluding hydrogens is 198 g/mol. The van der Waals surface area contributed by atoms with E-state index in [2.05, 4.69) is 20.6 Å². The standard InChI is InChI=1S/C8H11N5O2/c14-13(15)7-4-10-8(11-5-7)12-6-1-2-9-3-6/h4-6,9H,1-3H2,(H,10,11,12)/t6-/m0/s1. The molecule has 0 aliphatic carbocycles. The van der Waals surface area contributed by atoms with Crippen LogP contribution in [0.5, 0.6) is 0 Å². The number of anilines is 1. The Morgan fingerprint density at radius 2 is 2.27 bits per heavy atom. The van der Waals surface area contributed by atoms with Crippen molar-refractivity contribution in [2.45, 2.75) is 12.5 Å². The van der Waals surface area contributed by atoms with Gasteiger partial charge in [-0.2, -0.15) is 0 Å². The summed E-state index contributed by atoms with van der Waals surface area (Å²) in [5, 5.41) is 16.6. The summed E-state index contributed by atoms with van der Waals surface area (Å²) in [6.45, 7) is 1.85. The molecule has 0 unspecified atom stereocenters. The van der Waals surface area contributed by atoms with E-state index in [9.17, 15) is 10.1 Å². The molecule has 7 heteroatoms. The zero-order valence-corrected chi connectivity index (χ0v) is 8.01. The molecule has 2 rings (SSSR count). The van der Waals surface area contributed by atoms with Crippen LogP contribution < -0.4 is 10.6 Å². The molecule has 7 nitrogen and oxygen atoms in total. The number of nitro groups is 1. The molecule has 0 radical (unpaired) electrons. The number of hydrogen-bond donors (Lipinski definition) is 2. The van der Waals surface area contributed by atoms with Gasteiger partial charge in [0.05, 0.1) is 4.92 Å². The zero-order valence-electron chi connectivity index (χ0n) is 8.01. The maximum Gasteiger partial charge on any atom is 0.305 e. The maximum absolute atomic E-state index is 10.4. The van der Waals surface area contributed by atoms with Crippen molar-refractivity contribution < 1.29 is 4.92 Å². The summed E-state index contributed by atoms with van der Waals surface area (Å²) in [7, 11) is 0. The van der Waals surface area contributed by atoms with Gasteiger partial charge in [-0.1, -0.05) is 0 Å². The fraction of sp³-hybridized carbons (Fsp3) is 0.500. The van der Waals surface area contributed by atoms with Crippen LogP contribution in [0.1, 0.15) is 6.42 Å². The van der Waals surface area contributed by atoms with Crippen molar-refractivity contribution in [1.29, 1.82) is 0 Å². The third-order valence-corrected chi connectivity index (χ3v) is 2.24. The average molecular weight is 209 g/mol. The molecule has 0 bridgehead atoms. The lowest BCUT2D eigenvalue weighted by Gasteiger charge is -2.09. The molecule has 2 N–H and O–H groups in total. The average Bonchev–Trinajstić information content (AvgIpc) is 2.71. The minimum Gasteiger partial charge on any atom is -0.350 e. The van der Waals surface area contributed by atoms with E-state index in [1.807, 2.05) is 0 Å². The Balaban J connectivity index is 2.00. The molecule has 80 valence electrons. The van der Waals surface area contributed by atoms with Crippen LogP contribution in [0.25, 0.3) is 0 Å². The summed E-state index contributed by atoms with van der Waals surface area (Å²) in [5.74, 6) is 0.439. The fourth-order valence-electron chi connectivity index (χ4n) is 1.45. The van der Waals surface area contributed by atoms with Gasteiger partial charge in [0.1, 0.15) is 12.4 Å². The monoisotopic (exact) mass is 209 g/mol. The quantitative estimate of drug-likeness (QED) is 0.544. The van der Waals surface area contributed by atoms with E-state index >= 15 is 0 Å². The molecule has 1 aliphatic rings. The molecule has 0 spiro atoms. The van der Waals surface area contributed by atoms with E-state index in [0.717, 1.165) is 19.5 Å². The second-order valence-electron chi connectivity index (χ2n) is 3.36. The lowest BCUT2D eigenvalue weighted by Crippen LogP contribution is -2.23. The Labute approximate surface area is 86.1 Å². The number of rotatable bonds is 3. The van der Waals surface area contributed by atoms with Gasteiger partial charge in [0.25, 0.3) is 0 Å². The van der Waals surface area contributed by atoms with Gasteiger partial charge in [0.2, 0.25) is 5.95 Å². The Kier molecular flexibility index (Phi) is 2.72. The predicted molar refractivity (Wildman–Crippen MR) is 53.6 cm³/mol. The lowest BCUT2D eigenvalue weighted by atomic mass is 10.3. The van der Waals surface area contributed by atoms with Crippen LogP contribution in [0, 0.1) is 10.1 Å². The molecule has 1 saturated heterocycles. The van der Waals surface area contributed by atoms with Crippen LogP contribution in [-0.2, 0) is 0 Å². The van der Waals surface area contributed by atoms with Gasteiger partial charge in [-0.05, 0) is 13.0 Å². The van der Waals surface area contributed by atoms with Crippen LogP contribution in [0.2, 0.25) is 0 Å². The van der Waals surface area contributed by atoms with Crippen molar-refractivity contribution in [3.63, 3.8) is 0 Å². The van der Waals surface area contributed by atoms with E-state index < -0.39 is 4.92 Å². The van der Waals surface area contributed by atoms with Gasteiger partial charge in [-0.25, -0.2) is 9.97 Å².